The minimum absolute atomic E-state index is 0.0632. The van der Waals surface area contributed by atoms with Crippen LogP contribution in [0.4, 0.5) is 0 Å². The Morgan fingerprint density at radius 1 is 0.931 bits per heavy atom. The second-order valence-corrected chi connectivity index (χ2v) is 7.63. The number of aryl methyl sites for hydroxylation is 1. The second kappa shape index (κ2) is 7.73. The minimum atomic E-state index is -0.237. The van der Waals surface area contributed by atoms with Crippen LogP contribution >= 0.6 is 0 Å². The zero-order valence-electron chi connectivity index (χ0n) is 16.8. The van der Waals surface area contributed by atoms with Crippen LogP contribution in [-0.2, 0) is 0 Å². The topological polar surface area (TPSA) is 71.8 Å². The molecule has 152 valence electrons. The average Bonchev–Trinajstić information content (AvgIpc) is 3.58. The fourth-order valence-corrected chi connectivity index (χ4v) is 3.73. The maximum Gasteiger partial charge on any atom is 0.263 e. The van der Waals surface area contributed by atoms with Crippen LogP contribution in [0.15, 0.2) is 41.3 Å². The van der Waals surface area contributed by atoms with Gasteiger partial charge < -0.3 is 19.1 Å². The Labute approximate surface area is 169 Å². The Hall–Kier alpha value is -3.09. The number of piperazine rings is 1. The number of amides is 2. The van der Waals surface area contributed by atoms with Crippen LogP contribution in [0.3, 0.4) is 0 Å². The van der Waals surface area contributed by atoms with Crippen LogP contribution in [0.5, 0.6) is 5.75 Å². The average molecular weight is 395 g/mol. The van der Waals surface area contributed by atoms with Crippen LogP contribution in [0, 0.1) is 6.92 Å². The van der Waals surface area contributed by atoms with Gasteiger partial charge in [0.15, 0.2) is 0 Å². The molecule has 4 rings (SSSR count). The molecule has 7 nitrogen and oxygen atoms in total. The zero-order valence-corrected chi connectivity index (χ0v) is 16.8. The molecule has 0 spiro atoms. The van der Waals surface area contributed by atoms with Gasteiger partial charge in [0.05, 0.1) is 7.11 Å². The predicted molar refractivity (Wildman–Crippen MR) is 109 cm³/mol. The van der Waals surface area contributed by atoms with Gasteiger partial charge in [-0.3, -0.25) is 14.4 Å². The fourth-order valence-electron chi connectivity index (χ4n) is 3.73. The van der Waals surface area contributed by atoms with Crippen molar-refractivity contribution in [3.8, 4) is 5.75 Å². The van der Waals surface area contributed by atoms with E-state index >= 15 is 0 Å². The fraction of sp³-hybridized carbons (Fsp3) is 0.409. The molecule has 1 aliphatic heterocycles. The summed E-state index contributed by atoms with van der Waals surface area (Å²) in [5.41, 5.74) is 1.36. The van der Waals surface area contributed by atoms with Crippen LogP contribution < -0.4 is 10.3 Å². The number of carbonyl (C=O) groups is 2. The summed E-state index contributed by atoms with van der Waals surface area (Å²) >= 11 is 0. The third-order valence-electron chi connectivity index (χ3n) is 5.67. The Kier molecular flexibility index (Phi) is 5.13. The molecule has 7 heteroatoms. The van der Waals surface area contributed by atoms with Crippen molar-refractivity contribution in [3.05, 3.63) is 63.6 Å². The summed E-state index contributed by atoms with van der Waals surface area (Å²) in [5.74, 6) is 0.401. The van der Waals surface area contributed by atoms with Crippen LogP contribution in [-0.4, -0.2) is 59.5 Å². The van der Waals surface area contributed by atoms with Gasteiger partial charge in [-0.25, -0.2) is 0 Å². The SMILES string of the molecule is COc1ccc(C(=O)N2CCN(C(=O)c3c(C)ccn(C4CC4)c3=O)CC2)cc1. The first kappa shape index (κ1) is 19.2. The number of pyridine rings is 1. The van der Waals surface area contributed by atoms with E-state index in [0.29, 0.717) is 43.1 Å². The molecule has 29 heavy (non-hydrogen) atoms. The molecule has 0 radical (unpaired) electrons. The summed E-state index contributed by atoms with van der Waals surface area (Å²) < 4.78 is 6.81. The molecule has 1 saturated heterocycles. The van der Waals surface area contributed by atoms with Crippen LogP contribution in [0.25, 0.3) is 0 Å². The maximum atomic E-state index is 13.0. The number of aromatic nitrogens is 1. The Morgan fingerprint density at radius 2 is 1.52 bits per heavy atom. The third kappa shape index (κ3) is 3.77. The number of ether oxygens (including phenoxy) is 1. The lowest BCUT2D eigenvalue weighted by Gasteiger charge is -2.35. The van der Waals surface area contributed by atoms with Crippen molar-refractivity contribution in [3.63, 3.8) is 0 Å². The number of hydrogen-bond donors (Lipinski definition) is 0. The van der Waals surface area contributed by atoms with E-state index < -0.39 is 0 Å². The lowest BCUT2D eigenvalue weighted by atomic mass is 10.1. The Balaban J connectivity index is 1.44. The number of methoxy groups -OCH3 is 1. The van der Waals surface area contributed by atoms with Crippen molar-refractivity contribution in [2.75, 3.05) is 33.3 Å². The molecule has 2 aliphatic rings. The summed E-state index contributed by atoms with van der Waals surface area (Å²) in [5, 5.41) is 0. The normalized spacial score (nSPS) is 16.6. The monoisotopic (exact) mass is 395 g/mol. The number of carbonyl (C=O) groups excluding carboxylic acids is 2. The van der Waals surface area contributed by atoms with Crippen molar-refractivity contribution in [2.24, 2.45) is 0 Å². The highest BCUT2D eigenvalue weighted by Crippen LogP contribution is 2.33. The van der Waals surface area contributed by atoms with Crippen molar-refractivity contribution >= 4 is 11.8 Å². The summed E-state index contributed by atoms with van der Waals surface area (Å²) in [6, 6.07) is 9.08. The number of nitrogens with zero attached hydrogens (tertiary/aromatic N) is 3. The molecule has 1 aliphatic carbocycles. The highest BCUT2D eigenvalue weighted by Gasteiger charge is 2.30. The van der Waals surface area contributed by atoms with E-state index in [4.69, 9.17) is 4.74 Å². The van der Waals surface area contributed by atoms with Gasteiger partial charge in [-0.05, 0) is 55.7 Å². The molecular weight excluding hydrogens is 370 g/mol. The molecule has 2 heterocycles. The van der Waals surface area contributed by atoms with Crippen molar-refractivity contribution in [1.29, 1.82) is 0 Å². The number of rotatable bonds is 4. The highest BCUT2D eigenvalue weighted by atomic mass is 16.5. The summed E-state index contributed by atoms with van der Waals surface area (Å²) in [7, 11) is 1.58. The van der Waals surface area contributed by atoms with Crippen molar-refractivity contribution in [1.82, 2.24) is 14.4 Å². The zero-order chi connectivity index (χ0) is 20.5. The van der Waals surface area contributed by atoms with Gasteiger partial charge in [0, 0.05) is 44.0 Å². The van der Waals surface area contributed by atoms with Crippen LogP contribution in [0.2, 0.25) is 0 Å². The van der Waals surface area contributed by atoms with E-state index in [-0.39, 0.29) is 29.0 Å². The van der Waals surface area contributed by atoms with E-state index in [9.17, 15) is 14.4 Å². The van der Waals surface area contributed by atoms with Gasteiger partial charge in [-0.15, -0.1) is 0 Å². The second-order valence-electron chi connectivity index (χ2n) is 7.63. The molecular formula is C22H25N3O4. The molecule has 0 bridgehead atoms. The molecule has 0 N–H and O–H groups in total. The smallest absolute Gasteiger partial charge is 0.263 e. The van der Waals surface area contributed by atoms with Gasteiger partial charge in [0.2, 0.25) is 0 Å². The molecule has 0 unspecified atom stereocenters. The summed E-state index contributed by atoms with van der Waals surface area (Å²) in [4.78, 5) is 42.0. The van der Waals surface area contributed by atoms with Gasteiger partial charge in [0.25, 0.3) is 17.4 Å². The van der Waals surface area contributed by atoms with E-state index in [1.165, 1.54) is 0 Å². The van der Waals surface area contributed by atoms with E-state index in [1.54, 1.807) is 58.9 Å². The van der Waals surface area contributed by atoms with Gasteiger partial charge in [0.1, 0.15) is 11.3 Å². The van der Waals surface area contributed by atoms with E-state index in [1.807, 2.05) is 6.07 Å². The van der Waals surface area contributed by atoms with E-state index in [2.05, 4.69) is 0 Å². The number of benzene rings is 1. The quantitative estimate of drug-likeness (QED) is 0.795. The molecule has 1 saturated carbocycles. The van der Waals surface area contributed by atoms with Gasteiger partial charge >= 0.3 is 0 Å². The van der Waals surface area contributed by atoms with Crippen LogP contribution in [0.1, 0.15) is 45.2 Å². The van der Waals surface area contributed by atoms with Gasteiger partial charge in [-0.1, -0.05) is 0 Å². The molecule has 2 amide bonds. The standard InChI is InChI=1S/C22H25N3O4/c1-15-9-10-25(17-5-6-17)22(28)19(15)21(27)24-13-11-23(12-14-24)20(26)16-3-7-18(29-2)8-4-16/h3-4,7-10,17H,5-6,11-14H2,1-2H3. The molecule has 2 fully saturated rings. The minimum Gasteiger partial charge on any atom is -0.497 e. The first-order chi connectivity index (χ1) is 14.0. The first-order valence-corrected chi connectivity index (χ1v) is 9.94. The van der Waals surface area contributed by atoms with Crippen molar-refractivity contribution in [2.45, 2.75) is 25.8 Å². The largest absolute Gasteiger partial charge is 0.497 e. The number of hydrogen-bond acceptors (Lipinski definition) is 4. The maximum absolute atomic E-state index is 13.0. The Bertz CT molecular complexity index is 984. The first-order valence-electron chi connectivity index (χ1n) is 9.94. The molecule has 0 atom stereocenters. The lowest BCUT2D eigenvalue weighted by Crippen LogP contribution is -2.51. The van der Waals surface area contributed by atoms with E-state index in [0.717, 1.165) is 12.8 Å². The molecule has 1 aromatic carbocycles. The highest BCUT2D eigenvalue weighted by molar-refractivity contribution is 5.96. The van der Waals surface area contributed by atoms with Crippen molar-refractivity contribution < 1.29 is 14.3 Å². The Morgan fingerprint density at radius 3 is 2.07 bits per heavy atom. The summed E-state index contributed by atoms with van der Waals surface area (Å²) in [6.07, 6.45) is 3.77. The summed E-state index contributed by atoms with van der Waals surface area (Å²) in [6.45, 7) is 3.52. The lowest BCUT2D eigenvalue weighted by molar-refractivity contribution is 0.0533. The predicted octanol–water partition coefficient (Wildman–Crippen LogP) is 2.10. The van der Waals surface area contributed by atoms with Gasteiger partial charge in [-0.2, -0.15) is 0 Å². The third-order valence-corrected chi connectivity index (χ3v) is 5.67. The molecule has 2 aromatic rings. The molecule has 1 aromatic heterocycles.